The standard InChI is InChI=1S/C5H5N5O3.C5H7N3O2.C4H6N4O2.CH3I/c1-10-4(9-12-5(10)11)2-3(6)8-13-7-2;1-3(6-9)5-4(2)7-10-8-5;1-2(6-9)3-4(5)8-10-7-3;1-2/h1H3,(H2,6,8);9H,1-2H3;9H,1H3,(H2,5,8);1H3/i;;;1D. The zero-order chi connectivity index (χ0) is 27.3. The molecule has 0 amide bonds. The number of nitrogens with two attached hydrogens (primary N) is 2. The fraction of sp³-hybridized carbons (Fsp3) is 0.333. The van der Waals surface area contributed by atoms with Gasteiger partial charge in [0.15, 0.2) is 28.7 Å². The van der Waals surface area contributed by atoms with Crippen molar-refractivity contribution in [3.8, 4) is 11.5 Å². The van der Waals surface area contributed by atoms with Crippen molar-refractivity contribution in [1.29, 1.82) is 0 Å². The Hall–Kier alpha value is -4.37. The smallest absolute Gasteiger partial charge is 0.411 e. The van der Waals surface area contributed by atoms with Crippen LogP contribution in [0.1, 0.15) is 32.3 Å². The monoisotopic (exact) mass is 609 g/mol. The molecule has 4 aromatic heterocycles. The summed E-state index contributed by atoms with van der Waals surface area (Å²) in [7, 11) is 1.47. The number of anilines is 2. The summed E-state index contributed by atoms with van der Waals surface area (Å²) < 4.78 is 24.7. The van der Waals surface area contributed by atoms with Gasteiger partial charge in [-0.05, 0) is 51.5 Å². The SMILES string of the molecule is CC(=NO)c1nonc1C.CC(=NO)c1nonc1N.Cn1c(-c2nonc2N)noc1=O.[2H]CI. The highest BCUT2D eigenvalue weighted by Crippen LogP contribution is 2.17. The van der Waals surface area contributed by atoms with Crippen molar-refractivity contribution >= 4 is 45.6 Å². The summed E-state index contributed by atoms with van der Waals surface area (Å²) in [5.41, 5.74) is 12.9. The first-order valence-corrected chi connectivity index (χ1v) is 10.4. The van der Waals surface area contributed by atoms with Gasteiger partial charge >= 0.3 is 5.76 Å². The maximum atomic E-state index is 10.9. The second kappa shape index (κ2) is 14.0. The van der Waals surface area contributed by atoms with Gasteiger partial charge in [-0.1, -0.05) is 43.2 Å². The maximum Gasteiger partial charge on any atom is 0.441 e. The van der Waals surface area contributed by atoms with E-state index in [1.54, 1.807) is 13.8 Å². The molecule has 0 unspecified atom stereocenters. The molecule has 0 fully saturated rings. The number of aryl methyl sites for hydroxylation is 1. The third-order valence-electron chi connectivity index (χ3n) is 3.68. The molecule has 0 atom stereocenters. The number of alkyl halides is 1. The zero-order valence-electron chi connectivity index (χ0n) is 19.6. The average molecular weight is 609 g/mol. The molecule has 0 aliphatic carbocycles. The van der Waals surface area contributed by atoms with E-state index in [0.717, 1.165) is 4.57 Å². The van der Waals surface area contributed by atoms with E-state index in [4.69, 9.17) is 23.3 Å². The highest BCUT2D eigenvalue weighted by Gasteiger charge is 2.17. The van der Waals surface area contributed by atoms with Crippen molar-refractivity contribution in [1.82, 2.24) is 40.7 Å². The van der Waals surface area contributed by atoms with Gasteiger partial charge < -0.3 is 21.9 Å². The molecule has 0 bridgehead atoms. The van der Waals surface area contributed by atoms with Gasteiger partial charge in [0.25, 0.3) is 0 Å². The van der Waals surface area contributed by atoms with Gasteiger partial charge in [0.1, 0.15) is 17.1 Å². The molecular formula is C15H21IN12O7. The summed E-state index contributed by atoms with van der Waals surface area (Å²) in [5.74, 6) is -0.236. The number of oxime groups is 2. The van der Waals surface area contributed by atoms with Gasteiger partial charge in [0.05, 0.1) is 0 Å². The molecule has 0 spiro atoms. The Morgan fingerprint density at radius 3 is 1.86 bits per heavy atom. The van der Waals surface area contributed by atoms with Crippen LogP contribution in [0, 0.1) is 6.92 Å². The van der Waals surface area contributed by atoms with Crippen molar-refractivity contribution in [2.45, 2.75) is 20.8 Å². The predicted octanol–water partition coefficient (Wildman–Crippen LogP) is 0.483. The molecule has 0 aliphatic rings. The molecule has 0 aromatic carbocycles. The topological polar surface area (TPSA) is 282 Å². The summed E-state index contributed by atoms with van der Waals surface area (Å²) in [4.78, 5) is 11.3. The quantitative estimate of drug-likeness (QED) is 0.0807. The first-order valence-electron chi connectivity index (χ1n) is 9.54. The Labute approximate surface area is 210 Å². The third-order valence-corrected chi connectivity index (χ3v) is 3.68. The molecule has 0 aliphatic heterocycles. The first-order chi connectivity index (χ1) is 17.1. The largest absolute Gasteiger partial charge is 0.441 e. The average Bonchev–Trinajstić information content (AvgIpc) is 3.65. The van der Waals surface area contributed by atoms with Gasteiger partial charge in [-0.15, -0.1) is 0 Å². The van der Waals surface area contributed by atoms with Crippen molar-refractivity contribution in [3.63, 3.8) is 0 Å². The van der Waals surface area contributed by atoms with E-state index < -0.39 is 5.76 Å². The number of rotatable bonds is 3. The predicted molar refractivity (Wildman–Crippen MR) is 125 cm³/mol. The van der Waals surface area contributed by atoms with Crippen LogP contribution in [-0.4, -0.2) is 67.4 Å². The lowest BCUT2D eigenvalue weighted by atomic mass is 10.2. The van der Waals surface area contributed by atoms with Gasteiger partial charge in [-0.25, -0.2) is 18.7 Å². The Balaban J connectivity index is 0.000000259. The molecular weight excluding hydrogens is 587 g/mol. The van der Waals surface area contributed by atoms with Crippen LogP contribution in [-0.2, 0) is 7.05 Å². The van der Waals surface area contributed by atoms with Crippen molar-refractivity contribution in [2.75, 3.05) is 16.4 Å². The molecule has 190 valence electrons. The van der Waals surface area contributed by atoms with Crippen LogP contribution < -0.4 is 17.2 Å². The number of hydrogen-bond acceptors (Lipinski definition) is 18. The van der Waals surface area contributed by atoms with Gasteiger partial charge in [0.2, 0.25) is 5.82 Å². The van der Waals surface area contributed by atoms with E-state index >= 15 is 0 Å². The number of nitrogens with zero attached hydrogens (tertiary/aromatic N) is 10. The molecule has 4 aromatic rings. The van der Waals surface area contributed by atoms with Gasteiger partial charge in [-0.2, -0.15) is 0 Å². The van der Waals surface area contributed by atoms with E-state index in [9.17, 15) is 4.79 Å². The minimum absolute atomic E-state index is 0.0592. The second-order valence-electron chi connectivity index (χ2n) is 5.90. The summed E-state index contributed by atoms with van der Waals surface area (Å²) in [6.07, 6.45) is 0. The van der Waals surface area contributed by atoms with Gasteiger partial charge in [0, 0.05) is 8.42 Å². The van der Waals surface area contributed by atoms with Crippen molar-refractivity contribution in [2.24, 2.45) is 17.4 Å². The first kappa shape index (κ1) is 26.9. The Kier molecular flexibility index (Phi) is 10.8. The van der Waals surface area contributed by atoms with Crippen LogP contribution in [0.15, 0.2) is 33.5 Å². The Bertz CT molecular complexity index is 1270. The van der Waals surface area contributed by atoms with Crippen LogP contribution >= 0.6 is 22.6 Å². The molecule has 20 heteroatoms. The number of halogens is 1. The lowest BCUT2D eigenvalue weighted by Gasteiger charge is -1.90. The van der Waals surface area contributed by atoms with Crippen LogP contribution in [0.2, 0.25) is 0 Å². The van der Waals surface area contributed by atoms with Crippen LogP contribution in [0.4, 0.5) is 11.6 Å². The number of nitrogen functional groups attached to an aromatic ring is 2. The minimum atomic E-state index is -0.600. The van der Waals surface area contributed by atoms with E-state index in [1.165, 1.54) is 14.0 Å². The molecule has 0 saturated carbocycles. The summed E-state index contributed by atoms with van der Waals surface area (Å²) >= 11 is 1.96. The molecule has 0 radical (unpaired) electrons. The zero-order valence-corrected chi connectivity index (χ0v) is 20.8. The van der Waals surface area contributed by atoms with E-state index in [2.05, 4.69) is 64.8 Å². The molecule has 19 nitrogen and oxygen atoms in total. The summed E-state index contributed by atoms with van der Waals surface area (Å²) in [6.45, 7) is 4.88. The highest BCUT2D eigenvalue weighted by atomic mass is 127. The van der Waals surface area contributed by atoms with E-state index in [1.807, 2.05) is 22.6 Å². The van der Waals surface area contributed by atoms with Crippen LogP contribution in [0.3, 0.4) is 0 Å². The number of aromatic nitrogens is 8. The molecule has 35 heavy (non-hydrogen) atoms. The lowest BCUT2D eigenvalue weighted by Crippen LogP contribution is -2.10. The van der Waals surface area contributed by atoms with Crippen molar-refractivity contribution < 1.29 is 30.2 Å². The maximum absolute atomic E-state index is 10.9. The Morgan fingerprint density at radius 2 is 1.46 bits per heavy atom. The summed E-state index contributed by atoms with van der Waals surface area (Å²) in [5, 5.41) is 46.3. The van der Waals surface area contributed by atoms with E-state index in [0.29, 0.717) is 22.0 Å². The van der Waals surface area contributed by atoms with Crippen molar-refractivity contribution in [3.05, 3.63) is 27.6 Å². The molecule has 6 N–H and O–H groups in total. The lowest BCUT2D eigenvalue weighted by molar-refractivity contribution is 0.302. The normalized spacial score (nSPS) is 11.3. The van der Waals surface area contributed by atoms with E-state index in [-0.39, 0.29) is 34.6 Å². The highest BCUT2D eigenvalue weighted by molar-refractivity contribution is 14.1. The molecule has 4 rings (SSSR count). The second-order valence-corrected chi connectivity index (χ2v) is 5.90. The minimum Gasteiger partial charge on any atom is -0.411 e. The Morgan fingerprint density at radius 1 is 0.943 bits per heavy atom. The number of hydrogen-bond donors (Lipinski definition) is 4. The third kappa shape index (κ3) is 7.58. The molecule has 0 saturated heterocycles. The molecule has 4 heterocycles. The fourth-order valence-electron chi connectivity index (χ4n) is 1.94. The van der Waals surface area contributed by atoms with Crippen LogP contribution in [0.5, 0.6) is 0 Å². The fourth-order valence-corrected chi connectivity index (χ4v) is 1.94. The summed E-state index contributed by atoms with van der Waals surface area (Å²) in [6, 6.07) is 0. The van der Waals surface area contributed by atoms with Gasteiger partial charge in [-0.3, -0.25) is 9.09 Å². The van der Waals surface area contributed by atoms with Crippen LogP contribution in [0.25, 0.3) is 11.5 Å².